The Bertz CT molecular complexity index is 502. The first kappa shape index (κ1) is 12.5. The molecular formula is C14H20N4. The number of anilines is 2. The fourth-order valence-electron chi connectivity index (χ4n) is 1.98. The van der Waals surface area contributed by atoms with Crippen LogP contribution in [-0.4, -0.2) is 30.4 Å². The van der Waals surface area contributed by atoms with Crippen LogP contribution in [0.15, 0.2) is 36.5 Å². The van der Waals surface area contributed by atoms with Gasteiger partial charge in [0, 0.05) is 46.0 Å². The molecule has 0 aliphatic heterocycles. The number of hydrogen-bond acceptors (Lipinski definition) is 3. The lowest BCUT2D eigenvalue weighted by Crippen LogP contribution is -2.14. The summed E-state index contributed by atoms with van der Waals surface area (Å²) in [5.74, 6) is 0. The van der Waals surface area contributed by atoms with E-state index in [1.165, 1.54) is 17.1 Å². The predicted molar refractivity (Wildman–Crippen MR) is 76.2 cm³/mol. The number of para-hydroxylation sites is 2. The Hall–Kier alpha value is -1.97. The molecule has 0 bridgehead atoms. The van der Waals surface area contributed by atoms with Gasteiger partial charge in [-0.3, -0.25) is 4.68 Å². The van der Waals surface area contributed by atoms with Crippen molar-refractivity contribution in [2.24, 2.45) is 7.05 Å². The summed E-state index contributed by atoms with van der Waals surface area (Å²) in [6.45, 7) is 0.907. The van der Waals surface area contributed by atoms with E-state index in [1.807, 2.05) is 17.9 Å². The molecule has 2 aromatic rings. The normalized spacial score (nSPS) is 10.4. The third-order valence-corrected chi connectivity index (χ3v) is 3.00. The highest BCUT2D eigenvalue weighted by atomic mass is 15.3. The molecule has 18 heavy (non-hydrogen) atoms. The molecule has 4 heteroatoms. The SMILES string of the molecule is CN(C)c1ccccc1NCCc1ccnn1C. The molecule has 2 rings (SSSR count). The molecule has 0 saturated carbocycles. The zero-order valence-electron chi connectivity index (χ0n) is 11.2. The number of aromatic nitrogens is 2. The van der Waals surface area contributed by atoms with Crippen molar-refractivity contribution in [1.82, 2.24) is 9.78 Å². The molecule has 1 N–H and O–H groups in total. The van der Waals surface area contributed by atoms with Crippen molar-refractivity contribution >= 4 is 11.4 Å². The Morgan fingerprint density at radius 3 is 2.67 bits per heavy atom. The summed E-state index contributed by atoms with van der Waals surface area (Å²) < 4.78 is 1.92. The van der Waals surface area contributed by atoms with Crippen molar-refractivity contribution in [2.45, 2.75) is 6.42 Å². The number of benzene rings is 1. The lowest BCUT2D eigenvalue weighted by molar-refractivity contribution is 0.711. The quantitative estimate of drug-likeness (QED) is 0.874. The molecule has 1 aromatic carbocycles. The van der Waals surface area contributed by atoms with Crippen molar-refractivity contribution in [3.8, 4) is 0 Å². The molecule has 0 atom stereocenters. The minimum absolute atomic E-state index is 0.907. The van der Waals surface area contributed by atoms with Gasteiger partial charge in [-0.1, -0.05) is 12.1 Å². The van der Waals surface area contributed by atoms with Crippen LogP contribution in [0.3, 0.4) is 0 Å². The first-order valence-corrected chi connectivity index (χ1v) is 6.15. The van der Waals surface area contributed by atoms with E-state index in [-0.39, 0.29) is 0 Å². The lowest BCUT2D eigenvalue weighted by Gasteiger charge is -2.18. The largest absolute Gasteiger partial charge is 0.383 e. The molecule has 96 valence electrons. The van der Waals surface area contributed by atoms with Gasteiger partial charge in [0.2, 0.25) is 0 Å². The Balaban J connectivity index is 1.96. The minimum atomic E-state index is 0.907. The molecule has 0 radical (unpaired) electrons. The van der Waals surface area contributed by atoms with Gasteiger partial charge in [0.25, 0.3) is 0 Å². The highest BCUT2D eigenvalue weighted by molar-refractivity contribution is 5.69. The summed E-state index contributed by atoms with van der Waals surface area (Å²) in [4.78, 5) is 2.12. The molecule has 0 aliphatic rings. The maximum atomic E-state index is 4.17. The zero-order valence-corrected chi connectivity index (χ0v) is 11.2. The standard InChI is InChI=1S/C14H20N4/c1-17(2)14-7-5-4-6-13(14)15-10-8-12-9-11-16-18(12)3/h4-7,9,11,15H,8,10H2,1-3H3. The van der Waals surface area contributed by atoms with Gasteiger partial charge in [-0.25, -0.2) is 0 Å². The highest BCUT2D eigenvalue weighted by Crippen LogP contribution is 2.23. The Morgan fingerprint density at radius 2 is 2.00 bits per heavy atom. The number of rotatable bonds is 5. The number of nitrogens with one attached hydrogen (secondary N) is 1. The van der Waals surface area contributed by atoms with Crippen molar-refractivity contribution < 1.29 is 0 Å². The summed E-state index contributed by atoms with van der Waals surface area (Å²) in [7, 11) is 6.09. The molecule has 4 nitrogen and oxygen atoms in total. The predicted octanol–water partition coefficient (Wildman–Crippen LogP) is 2.14. The third kappa shape index (κ3) is 2.83. The molecule has 0 spiro atoms. The van der Waals surface area contributed by atoms with Crippen LogP contribution in [0, 0.1) is 0 Å². The van der Waals surface area contributed by atoms with E-state index in [9.17, 15) is 0 Å². The van der Waals surface area contributed by atoms with E-state index in [1.54, 1.807) is 0 Å². The Morgan fingerprint density at radius 1 is 1.22 bits per heavy atom. The van der Waals surface area contributed by atoms with E-state index in [4.69, 9.17) is 0 Å². The average molecular weight is 244 g/mol. The van der Waals surface area contributed by atoms with Crippen LogP contribution in [-0.2, 0) is 13.5 Å². The second kappa shape index (κ2) is 5.58. The van der Waals surface area contributed by atoms with Gasteiger partial charge >= 0.3 is 0 Å². The minimum Gasteiger partial charge on any atom is -0.383 e. The van der Waals surface area contributed by atoms with E-state index in [0.717, 1.165) is 13.0 Å². The fourth-order valence-corrected chi connectivity index (χ4v) is 1.98. The first-order valence-electron chi connectivity index (χ1n) is 6.15. The van der Waals surface area contributed by atoms with Crippen LogP contribution in [0.4, 0.5) is 11.4 Å². The van der Waals surface area contributed by atoms with Crippen molar-refractivity contribution in [1.29, 1.82) is 0 Å². The van der Waals surface area contributed by atoms with Gasteiger partial charge in [0.05, 0.1) is 11.4 Å². The topological polar surface area (TPSA) is 33.1 Å². The second-order valence-corrected chi connectivity index (χ2v) is 4.53. The molecule has 1 heterocycles. The number of aryl methyl sites for hydroxylation is 1. The molecule has 0 fully saturated rings. The fraction of sp³-hybridized carbons (Fsp3) is 0.357. The van der Waals surface area contributed by atoms with Crippen molar-refractivity contribution in [3.63, 3.8) is 0 Å². The van der Waals surface area contributed by atoms with Gasteiger partial charge in [-0.2, -0.15) is 5.10 Å². The van der Waals surface area contributed by atoms with E-state index in [2.05, 4.69) is 59.7 Å². The molecular weight excluding hydrogens is 224 g/mol. The summed E-state index contributed by atoms with van der Waals surface area (Å²) in [5, 5.41) is 7.65. The molecule has 0 amide bonds. The molecule has 1 aromatic heterocycles. The zero-order chi connectivity index (χ0) is 13.0. The lowest BCUT2D eigenvalue weighted by atomic mass is 10.2. The van der Waals surface area contributed by atoms with E-state index >= 15 is 0 Å². The smallest absolute Gasteiger partial charge is 0.0596 e. The average Bonchev–Trinajstić information content (AvgIpc) is 2.76. The van der Waals surface area contributed by atoms with Crippen molar-refractivity contribution in [3.05, 3.63) is 42.2 Å². The highest BCUT2D eigenvalue weighted by Gasteiger charge is 2.03. The van der Waals surface area contributed by atoms with Gasteiger partial charge in [-0.05, 0) is 18.2 Å². The van der Waals surface area contributed by atoms with Crippen LogP contribution in [0.2, 0.25) is 0 Å². The third-order valence-electron chi connectivity index (χ3n) is 3.00. The number of hydrogen-bond donors (Lipinski definition) is 1. The van der Waals surface area contributed by atoms with Gasteiger partial charge in [-0.15, -0.1) is 0 Å². The summed E-state index contributed by atoms with van der Waals surface area (Å²) in [5.41, 5.74) is 3.62. The van der Waals surface area contributed by atoms with Gasteiger partial charge in [0.15, 0.2) is 0 Å². The summed E-state index contributed by atoms with van der Waals surface area (Å²) >= 11 is 0. The maximum absolute atomic E-state index is 4.17. The van der Waals surface area contributed by atoms with E-state index in [0.29, 0.717) is 0 Å². The number of nitrogens with zero attached hydrogens (tertiary/aromatic N) is 3. The van der Waals surface area contributed by atoms with Crippen LogP contribution >= 0.6 is 0 Å². The molecule has 0 saturated heterocycles. The van der Waals surface area contributed by atoms with Crippen LogP contribution in [0.1, 0.15) is 5.69 Å². The summed E-state index contributed by atoms with van der Waals surface area (Å²) in [6, 6.07) is 10.4. The first-order chi connectivity index (χ1) is 8.68. The van der Waals surface area contributed by atoms with Crippen molar-refractivity contribution in [2.75, 3.05) is 30.9 Å². The van der Waals surface area contributed by atoms with Crippen LogP contribution < -0.4 is 10.2 Å². The monoisotopic (exact) mass is 244 g/mol. The molecule has 0 aliphatic carbocycles. The van der Waals surface area contributed by atoms with Crippen LogP contribution in [0.5, 0.6) is 0 Å². The Labute approximate surface area is 108 Å². The molecule has 0 unspecified atom stereocenters. The van der Waals surface area contributed by atoms with E-state index < -0.39 is 0 Å². The van der Waals surface area contributed by atoms with Gasteiger partial charge < -0.3 is 10.2 Å². The Kier molecular flexibility index (Phi) is 3.87. The maximum Gasteiger partial charge on any atom is 0.0596 e. The second-order valence-electron chi connectivity index (χ2n) is 4.53. The van der Waals surface area contributed by atoms with Crippen LogP contribution in [0.25, 0.3) is 0 Å². The van der Waals surface area contributed by atoms with Gasteiger partial charge in [0.1, 0.15) is 0 Å². The summed E-state index contributed by atoms with van der Waals surface area (Å²) in [6.07, 6.45) is 2.81.